The van der Waals surface area contributed by atoms with E-state index in [1.54, 1.807) is 17.0 Å². The molecule has 0 aromatic heterocycles. The van der Waals surface area contributed by atoms with Gasteiger partial charge in [-0.05, 0) is 31.9 Å². The molecule has 0 bridgehead atoms. The van der Waals surface area contributed by atoms with Crippen LogP contribution in [0.15, 0.2) is 30.3 Å². The van der Waals surface area contributed by atoms with Gasteiger partial charge < -0.3 is 9.42 Å². The molecule has 0 aliphatic rings. The predicted molar refractivity (Wildman–Crippen MR) is 91.9 cm³/mol. The quantitative estimate of drug-likeness (QED) is 0.653. The second kappa shape index (κ2) is 9.12. The third kappa shape index (κ3) is 5.26. The summed E-state index contributed by atoms with van der Waals surface area (Å²) in [6, 6.07) is 9.10. The largest absolute Gasteiger partial charge is 0.343 e. The highest BCUT2D eigenvalue weighted by Gasteiger charge is 2.31. The first-order valence-electron chi connectivity index (χ1n) is 8.03. The molecule has 1 rings (SSSR count). The average Bonchev–Trinajstić information content (AvgIpc) is 2.54. The van der Waals surface area contributed by atoms with Crippen molar-refractivity contribution in [2.45, 2.75) is 34.1 Å². The Balaban J connectivity index is 2.96. The van der Waals surface area contributed by atoms with Crippen LogP contribution in [0, 0.1) is 5.92 Å². The van der Waals surface area contributed by atoms with Crippen molar-refractivity contribution in [2.75, 3.05) is 25.9 Å². The molecule has 22 heavy (non-hydrogen) atoms. The summed E-state index contributed by atoms with van der Waals surface area (Å²) < 4.78 is 19.1. The van der Waals surface area contributed by atoms with Crippen LogP contribution < -0.4 is 5.30 Å². The molecule has 0 saturated heterocycles. The van der Waals surface area contributed by atoms with E-state index in [4.69, 9.17) is 4.52 Å². The Bertz CT molecular complexity index is 500. The fraction of sp³-hybridized carbons (Fsp3) is 0.588. The van der Waals surface area contributed by atoms with E-state index < -0.39 is 7.37 Å². The van der Waals surface area contributed by atoms with Gasteiger partial charge >= 0.3 is 0 Å². The number of carbonyl (C=O) groups excluding carboxylic acids is 1. The maximum absolute atomic E-state index is 13.3. The van der Waals surface area contributed by atoms with Crippen molar-refractivity contribution in [2.24, 2.45) is 5.92 Å². The Hall–Kier alpha value is -1.12. The van der Waals surface area contributed by atoms with Crippen molar-refractivity contribution in [1.82, 2.24) is 4.90 Å². The number of rotatable bonds is 9. The van der Waals surface area contributed by atoms with Gasteiger partial charge in [-0.25, -0.2) is 0 Å². The summed E-state index contributed by atoms with van der Waals surface area (Å²) in [7, 11) is -3.17. The maximum Gasteiger partial charge on any atom is 0.241 e. The van der Waals surface area contributed by atoms with Gasteiger partial charge in [0.25, 0.3) is 0 Å². The molecule has 0 spiro atoms. The molecule has 2 unspecified atom stereocenters. The second-order valence-corrected chi connectivity index (χ2v) is 7.98. The van der Waals surface area contributed by atoms with Crippen LogP contribution in [0.1, 0.15) is 34.1 Å². The normalized spacial score (nSPS) is 15.1. The third-order valence-electron chi connectivity index (χ3n) is 3.87. The van der Waals surface area contributed by atoms with Crippen molar-refractivity contribution in [3.8, 4) is 0 Å². The van der Waals surface area contributed by atoms with Gasteiger partial charge in [-0.1, -0.05) is 38.5 Å². The molecular formula is C17H28NO3P. The number of benzene rings is 1. The molecule has 1 aromatic carbocycles. The van der Waals surface area contributed by atoms with Gasteiger partial charge in [0.1, 0.15) is 6.16 Å². The molecule has 5 heteroatoms. The third-order valence-corrected chi connectivity index (χ3v) is 6.21. The van der Waals surface area contributed by atoms with E-state index in [1.807, 2.05) is 32.0 Å². The molecule has 1 aromatic rings. The minimum Gasteiger partial charge on any atom is -0.343 e. The lowest BCUT2D eigenvalue weighted by Gasteiger charge is -2.24. The Morgan fingerprint density at radius 1 is 1.18 bits per heavy atom. The molecule has 0 heterocycles. The van der Waals surface area contributed by atoms with Gasteiger partial charge in [-0.2, -0.15) is 0 Å². The molecule has 0 radical (unpaired) electrons. The SMILES string of the molecule is CCC(C)COP(=O)(CC(=O)N(CC)CC)c1ccccc1. The molecule has 0 aliphatic heterocycles. The summed E-state index contributed by atoms with van der Waals surface area (Å²) in [5.41, 5.74) is 0. The van der Waals surface area contributed by atoms with E-state index in [0.717, 1.165) is 6.42 Å². The van der Waals surface area contributed by atoms with E-state index in [9.17, 15) is 9.36 Å². The minimum atomic E-state index is -3.17. The van der Waals surface area contributed by atoms with Crippen molar-refractivity contribution >= 4 is 18.6 Å². The smallest absolute Gasteiger partial charge is 0.241 e. The van der Waals surface area contributed by atoms with Gasteiger partial charge in [-0.3, -0.25) is 9.36 Å². The predicted octanol–water partition coefficient (Wildman–Crippen LogP) is 3.52. The molecule has 0 saturated carbocycles. The molecular weight excluding hydrogens is 297 g/mol. The Morgan fingerprint density at radius 3 is 2.27 bits per heavy atom. The monoisotopic (exact) mass is 325 g/mol. The highest BCUT2D eigenvalue weighted by atomic mass is 31.2. The zero-order valence-electron chi connectivity index (χ0n) is 14.1. The van der Waals surface area contributed by atoms with E-state index in [0.29, 0.717) is 30.9 Å². The first-order chi connectivity index (χ1) is 10.5. The van der Waals surface area contributed by atoms with Crippen LogP contribution in [-0.4, -0.2) is 36.7 Å². The maximum atomic E-state index is 13.3. The second-order valence-electron chi connectivity index (χ2n) is 5.54. The van der Waals surface area contributed by atoms with Crippen molar-refractivity contribution < 1.29 is 13.9 Å². The van der Waals surface area contributed by atoms with E-state index >= 15 is 0 Å². The Morgan fingerprint density at radius 2 is 1.77 bits per heavy atom. The first-order valence-corrected chi connectivity index (χ1v) is 9.84. The number of nitrogens with zero attached hydrogens (tertiary/aromatic N) is 1. The summed E-state index contributed by atoms with van der Waals surface area (Å²) in [5.74, 6) is 0.210. The van der Waals surface area contributed by atoms with Gasteiger partial charge in [0.2, 0.25) is 13.3 Å². The van der Waals surface area contributed by atoms with Crippen LogP contribution in [0.2, 0.25) is 0 Å². The van der Waals surface area contributed by atoms with Crippen LogP contribution in [-0.2, 0) is 13.9 Å². The van der Waals surface area contributed by atoms with E-state index in [1.165, 1.54) is 0 Å². The lowest BCUT2D eigenvalue weighted by molar-refractivity contribution is -0.128. The first kappa shape index (κ1) is 18.9. The fourth-order valence-corrected chi connectivity index (χ4v) is 4.19. The molecule has 0 aliphatic carbocycles. The average molecular weight is 325 g/mol. The lowest BCUT2D eigenvalue weighted by atomic mass is 10.1. The Labute approximate surface area is 134 Å². The number of carbonyl (C=O) groups is 1. The molecule has 0 fully saturated rings. The topological polar surface area (TPSA) is 46.6 Å². The number of hydrogen-bond acceptors (Lipinski definition) is 3. The summed E-state index contributed by atoms with van der Waals surface area (Å²) in [6.45, 7) is 9.63. The van der Waals surface area contributed by atoms with Crippen LogP contribution >= 0.6 is 7.37 Å². The highest BCUT2D eigenvalue weighted by Crippen LogP contribution is 2.46. The van der Waals surface area contributed by atoms with E-state index in [-0.39, 0.29) is 12.1 Å². The molecule has 1 amide bonds. The number of hydrogen-bond donors (Lipinski definition) is 0. The molecule has 2 atom stereocenters. The minimum absolute atomic E-state index is 0.0604. The van der Waals surface area contributed by atoms with E-state index in [2.05, 4.69) is 13.8 Å². The number of amides is 1. The van der Waals surface area contributed by atoms with Gasteiger partial charge in [0, 0.05) is 18.4 Å². The van der Waals surface area contributed by atoms with Crippen LogP contribution in [0.25, 0.3) is 0 Å². The van der Waals surface area contributed by atoms with Gasteiger partial charge in [0.05, 0.1) is 6.61 Å². The molecule has 4 nitrogen and oxygen atoms in total. The summed E-state index contributed by atoms with van der Waals surface area (Å²) in [6.07, 6.45) is 0.897. The summed E-state index contributed by atoms with van der Waals surface area (Å²) >= 11 is 0. The fourth-order valence-electron chi connectivity index (χ4n) is 2.09. The van der Waals surface area contributed by atoms with Crippen molar-refractivity contribution in [1.29, 1.82) is 0 Å². The molecule has 124 valence electrons. The molecule has 0 N–H and O–H groups in total. The standard InChI is InChI=1S/C17H28NO3P/c1-5-15(4)13-21-22(20,16-11-9-8-10-12-16)14-17(19)18(6-2)7-3/h8-12,15H,5-7,13-14H2,1-4H3. The van der Waals surface area contributed by atoms with Crippen LogP contribution in [0.4, 0.5) is 0 Å². The highest BCUT2D eigenvalue weighted by molar-refractivity contribution is 7.67. The Kier molecular flexibility index (Phi) is 7.84. The summed E-state index contributed by atoms with van der Waals surface area (Å²) in [4.78, 5) is 14.1. The summed E-state index contributed by atoms with van der Waals surface area (Å²) in [5, 5.41) is 0.624. The zero-order valence-corrected chi connectivity index (χ0v) is 15.0. The zero-order chi connectivity index (χ0) is 16.6. The van der Waals surface area contributed by atoms with Crippen LogP contribution in [0.5, 0.6) is 0 Å². The van der Waals surface area contributed by atoms with Gasteiger partial charge in [-0.15, -0.1) is 0 Å². The lowest BCUT2D eigenvalue weighted by Crippen LogP contribution is -2.34. The van der Waals surface area contributed by atoms with Crippen LogP contribution in [0.3, 0.4) is 0 Å². The van der Waals surface area contributed by atoms with Crippen molar-refractivity contribution in [3.05, 3.63) is 30.3 Å². The van der Waals surface area contributed by atoms with Gasteiger partial charge in [0.15, 0.2) is 0 Å². The van der Waals surface area contributed by atoms with Crippen molar-refractivity contribution in [3.63, 3.8) is 0 Å².